The lowest BCUT2D eigenvalue weighted by atomic mass is 10.1. The molecule has 1 aliphatic rings. The SMILES string of the molecule is CO[C@H]1C[C@@H](C(N)=O)N(C(=O)c2ccc(CN(C)C)cc2)C1. The molecule has 1 heterocycles. The van der Waals surface area contributed by atoms with Gasteiger partial charge in [0.05, 0.1) is 6.10 Å². The van der Waals surface area contributed by atoms with E-state index in [2.05, 4.69) is 4.90 Å². The van der Waals surface area contributed by atoms with Crippen molar-refractivity contribution in [2.75, 3.05) is 27.7 Å². The third kappa shape index (κ3) is 3.64. The van der Waals surface area contributed by atoms with E-state index in [1.54, 1.807) is 19.2 Å². The van der Waals surface area contributed by atoms with Crippen LogP contribution in [0.2, 0.25) is 0 Å². The van der Waals surface area contributed by atoms with Crippen molar-refractivity contribution >= 4 is 11.8 Å². The highest BCUT2D eigenvalue weighted by Gasteiger charge is 2.38. The van der Waals surface area contributed by atoms with Gasteiger partial charge in [0.2, 0.25) is 5.91 Å². The predicted octanol–water partition coefficient (Wildman–Crippen LogP) is 0.463. The van der Waals surface area contributed by atoms with E-state index in [9.17, 15) is 9.59 Å². The first kappa shape index (κ1) is 16.5. The van der Waals surface area contributed by atoms with Gasteiger partial charge in [-0.05, 0) is 31.8 Å². The summed E-state index contributed by atoms with van der Waals surface area (Å²) in [4.78, 5) is 27.7. The van der Waals surface area contributed by atoms with Crippen LogP contribution in [-0.4, -0.2) is 61.5 Å². The molecule has 0 radical (unpaired) electrons. The van der Waals surface area contributed by atoms with E-state index in [4.69, 9.17) is 10.5 Å². The number of primary amides is 1. The van der Waals surface area contributed by atoms with Crippen LogP contribution in [0.3, 0.4) is 0 Å². The van der Waals surface area contributed by atoms with E-state index in [-0.39, 0.29) is 12.0 Å². The van der Waals surface area contributed by atoms with E-state index in [0.717, 1.165) is 12.1 Å². The Morgan fingerprint density at radius 2 is 1.95 bits per heavy atom. The molecule has 6 heteroatoms. The Bertz CT molecular complexity index is 542. The average Bonchev–Trinajstić information content (AvgIpc) is 2.91. The van der Waals surface area contributed by atoms with E-state index in [0.29, 0.717) is 18.5 Å². The molecule has 120 valence electrons. The third-order valence-corrected chi connectivity index (χ3v) is 3.89. The maximum atomic E-state index is 12.6. The summed E-state index contributed by atoms with van der Waals surface area (Å²) in [7, 11) is 5.56. The topological polar surface area (TPSA) is 75.9 Å². The van der Waals surface area contributed by atoms with Crippen LogP contribution in [0.15, 0.2) is 24.3 Å². The molecule has 1 saturated heterocycles. The molecule has 1 aliphatic heterocycles. The van der Waals surface area contributed by atoms with Crippen LogP contribution in [-0.2, 0) is 16.1 Å². The molecule has 1 aromatic carbocycles. The number of carbonyl (C=O) groups is 2. The van der Waals surface area contributed by atoms with Crippen LogP contribution in [0.5, 0.6) is 0 Å². The minimum atomic E-state index is -0.598. The number of nitrogens with zero attached hydrogens (tertiary/aromatic N) is 2. The van der Waals surface area contributed by atoms with E-state index in [1.165, 1.54) is 4.90 Å². The summed E-state index contributed by atoms with van der Waals surface area (Å²) < 4.78 is 5.26. The minimum absolute atomic E-state index is 0.144. The van der Waals surface area contributed by atoms with Gasteiger partial charge in [-0.2, -0.15) is 0 Å². The molecule has 0 saturated carbocycles. The zero-order valence-electron chi connectivity index (χ0n) is 13.3. The Hall–Kier alpha value is -1.92. The summed E-state index contributed by atoms with van der Waals surface area (Å²) >= 11 is 0. The molecule has 0 aromatic heterocycles. The van der Waals surface area contributed by atoms with Gasteiger partial charge in [0, 0.05) is 32.2 Å². The molecule has 6 nitrogen and oxygen atoms in total. The second-order valence-electron chi connectivity index (χ2n) is 5.90. The average molecular weight is 305 g/mol. The Balaban J connectivity index is 2.14. The molecule has 2 rings (SSSR count). The molecule has 0 bridgehead atoms. The fraction of sp³-hybridized carbons (Fsp3) is 0.500. The number of rotatable bonds is 5. The molecule has 0 unspecified atom stereocenters. The predicted molar refractivity (Wildman–Crippen MR) is 83.3 cm³/mol. The van der Waals surface area contributed by atoms with Crippen molar-refractivity contribution in [3.8, 4) is 0 Å². The lowest BCUT2D eigenvalue weighted by molar-refractivity contribution is -0.121. The number of hydrogen-bond donors (Lipinski definition) is 1. The molecular weight excluding hydrogens is 282 g/mol. The zero-order chi connectivity index (χ0) is 16.3. The quantitative estimate of drug-likeness (QED) is 0.857. The summed E-state index contributed by atoms with van der Waals surface area (Å²) in [5.41, 5.74) is 7.10. The second kappa shape index (κ2) is 6.89. The smallest absolute Gasteiger partial charge is 0.254 e. The number of nitrogens with two attached hydrogens (primary N) is 1. The Morgan fingerprint density at radius 3 is 2.45 bits per heavy atom. The lowest BCUT2D eigenvalue weighted by Gasteiger charge is -2.22. The van der Waals surface area contributed by atoms with Crippen molar-refractivity contribution in [3.05, 3.63) is 35.4 Å². The van der Waals surface area contributed by atoms with Crippen molar-refractivity contribution in [1.29, 1.82) is 0 Å². The molecule has 22 heavy (non-hydrogen) atoms. The number of likely N-dealkylation sites (tertiary alicyclic amines) is 1. The fourth-order valence-corrected chi connectivity index (χ4v) is 2.75. The fourth-order valence-electron chi connectivity index (χ4n) is 2.75. The second-order valence-corrected chi connectivity index (χ2v) is 5.90. The third-order valence-electron chi connectivity index (χ3n) is 3.89. The van der Waals surface area contributed by atoms with Gasteiger partial charge >= 0.3 is 0 Å². The monoisotopic (exact) mass is 305 g/mol. The maximum Gasteiger partial charge on any atom is 0.254 e. The highest BCUT2D eigenvalue weighted by Crippen LogP contribution is 2.22. The van der Waals surface area contributed by atoms with E-state index < -0.39 is 11.9 Å². The Kier molecular flexibility index (Phi) is 5.15. The summed E-state index contributed by atoms with van der Waals surface area (Å²) in [5, 5.41) is 0. The number of methoxy groups -OCH3 is 1. The van der Waals surface area contributed by atoms with E-state index in [1.807, 2.05) is 26.2 Å². The molecule has 0 spiro atoms. The number of benzene rings is 1. The van der Waals surface area contributed by atoms with Gasteiger partial charge in [0.1, 0.15) is 6.04 Å². The number of ether oxygens (including phenoxy) is 1. The van der Waals surface area contributed by atoms with Gasteiger partial charge < -0.3 is 20.3 Å². The van der Waals surface area contributed by atoms with Crippen LogP contribution in [0.25, 0.3) is 0 Å². The summed E-state index contributed by atoms with van der Waals surface area (Å²) in [6, 6.07) is 6.84. The summed E-state index contributed by atoms with van der Waals surface area (Å²) in [5.74, 6) is -0.670. The normalized spacial score (nSPS) is 21.4. The molecule has 1 fully saturated rings. The van der Waals surface area contributed by atoms with Crippen LogP contribution in [0, 0.1) is 0 Å². The first-order chi connectivity index (χ1) is 10.4. The van der Waals surface area contributed by atoms with Gasteiger partial charge in [0.15, 0.2) is 0 Å². The molecular formula is C16H23N3O3. The van der Waals surface area contributed by atoms with Crippen LogP contribution in [0.4, 0.5) is 0 Å². The Labute approximate surface area is 130 Å². The molecule has 2 amide bonds. The van der Waals surface area contributed by atoms with Crippen molar-refractivity contribution < 1.29 is 14.3 Å². The van der Waals surface area contributed by atoms with Crippen molar-refractivity contribution in [3.63, 3.8) is 0 Å². The summed E-state index contributed by atoms with van der Waals surface area (Å²) in [6.07, 6.45) is 0.311. The van der Waals surface area contributed by atoms with Crippen molar-refractivity contribution in [2.45, 2.75) is 25.1 Å². The van der Waals surface area contributed by atoms with Gasteiger partial charge in [-0.3, -0.25) is 9.59 Å². The number of carbonyl (C=O) groups excluding carboxylic acids is 2. The first-order valence-electron chi connectivity index (χ1n) is 7.29. The number of hydrogen-bond acceptors (Lipinski definition) is 4. The standard InChI is InChI=1S/C16H23N3O3/c1-18(2)9-11-4-6-12(7-5-11)16(21)19-10-13(22-3)8-14(19)15(17)20/h4-7,13-14H,8-10H2,1-3H3,(H2,17,20)/t13-,14-/m0/s1. The number of amides is 2. The highest BCUT2D eigenvalue weighted by molar-refractivity contribution is 5.97. The maximum absolute atomic E-state index is 12.6. The first-order valence-corrected chi connectivity index (χ1v) is 7.29. The van der Waals surface area contributed by atoms with Gasteiger partial charge in [-0.25, -0.2) is 0 Å². The van der Waals surface area contributed by atoms with Gasteiger partial charge in [0.25, 0.3) is 5.91 Å². The molecule has 2 N–H and O–H groups in total. The van der Waals surface area contributed by atoms with Gasteiger partial charge in [-0.1, -0.05) is 12.1 Å². The van der Waals surface area contributed by atoms with E-state index >= 15 is 0 Å². The highest BCUT2D eigenvalue weighted by atomic mass is 16.5. The van der Waals surface area contributed by atoms with Crippen molar-refractivity contribution in [2.24, 2.45) is 5.73 Å². The minimum Gasteiger partial charge on any atom is -0.380 e. The zero-order valence-corrected chi connectivity index (χ0v) is 13.3. The van der Waals surface area contributed by atoms with Crippen LogP contribution < -0.4 is 5.73 Å². The van der Waals surface area contributed by atoms with Crippen molar-refractivity contribution in [1.82, 2.24) is 9.80 Å². The molecule has 1 aromatic rings. The molecule has 0 aliphatic carbocycles. The van der Waals surface area contributed by atoms with Crippen LogP contribution >= 0.6 is 0 Å². The lowest BCUT2D eigenvalue weighted by Crippen LogP contribution is -2.43. The summed E-state index contributed by atoms with van der Waals surface area (Å²) in [6.45, 7) is 1.20. The largest absolute Gasteiger partial charge is 0.380 e. The Morgan fingerprint density at radius 1 is 1.32 bits per heavy atom. The van der Waals surface area contributed by atoms with Gasteiger partial charge in [-0.15, -0.1) is 0 Å². The van der Waals surface area contributed by atoms with Crippen LogP contribution in [0.1, 0.15) is 22.3 Å². The molecule has 2 atom stereocenters.